The first-order valence-corrected chi connectivity index (χ1v) is 10.5. The number of likely N-dealkylation sites (tertiary alicyclic amines) is 2. The quantitative estimate of drug-likeness (QED) is 0.726. The van der Waals surface area contributed by atoms with Gasteiger partial charge in [-0.15, -0.1) is 12.4 Å². The number of hydrogen-bond donors (Lipinski definition) is 0. The number of nitrogens with zero attached hydrogens (tertiary/aromatic N) is 4. The van der Waals surface area contributed by atoms with Crippen molar-refractivity contribution in [3.8, 4) is 5.75 Å². The summed E-state index contributed by atoms with van der Waals surface area (Å²) in [5.41, 5.74) is 4.75. The Morgan fingerprint density at radius 1 is 1.13 bits per heavy atom. The zero-order valence-electron chi connectivity index (χ0n) is 18.6. The molecule has 0 spiro atoms. The normalized spacial score (nSPS) is 23.4. The fraction of sp³-hybridized carbons (Fsp3) is 0.565. The molecular formula is C23H33ClN4O2. The van der Waals surface area contributed by atoms with Crippen molar-refractivity contribution in [2.45, 2.75) is 39.8 Å². The van der Waals surface area contributed by atoms with Crippen molar-refractivity contribution >= 4 is 18.3 Å². The van der Waals surface area contributed by atoms with Crippen LogP contribution < -0.4 is 4.74 Å². The Morgan fingerprint density at radius 2 is 1.83 bits per heavy atom. The summed E-state index contributed by atoms with van der Waals surface area (Å²) in [5.74, 6) is 2.18. The maximum absolute atomic E-state index is 12.9. The Bertz CT molecular complexity index is 895. The fourth-order valence-corrected chi connectivity index (χ4v) is 5.13. The van der Waals surface area contributed by atoms with Crippen molar-refractivity contribution in [2.24, 2.45) is 11.8 Å². The van der Waals surface area contributed by atoms with Gasteiger partial charge in [-0.3, -0.25) is 14.4 Å². The molecule has 30 heavy (non-hydrogen) atoms. The zero-order valence-corrected chi connectivity index (χ0v) is 19.4. The number of carbonyl (C=O) groups is 1. The monoisotopic (exact) mass is 432 g/mol. The molecule has 0 aliphatic carbocycles. The minimum Gasteiger partial charge on any atom is -0.497 e. The molecule has 6 nitrogen and oxygen atoms in total. The summed E-state index contributed by atoms with van der Waals surface area (Å²) in [5, 5.41) is 4.57. The average molecular weight is 433 g/mol. The van der Waals surface area contributed by atoms with Crippen LogP contribution in [-0.2, 0) is 11.3 Å². The van der Waals surface area contributed by atoms with E-state index in [4.69, 9.17) is 4.74 Å². The number of fused-ring (bicyclic) bond motifs is 1. The molecule has 1 aromatic heterocycles. The fourth-order valence-electron chi connectivity index (χ4n) is 5.13. The smallest absolute Gasteiger partial charge is 0.224 e. The number of methoxy groups -OCH3 is 1. The second-order valence-electron chi connectivity index (χ2n) is 8.65. The first-order chi connectivity index (χ1) is 13.9. The van der Waals surface area contributed by atoms with Crippen LogP contribution >= 0.6 is 12.4 Å². The summed E-state index contributed by atoms with van der Waals surface area (Å²) < 4.78 is 7.28. The third kappa shape index (κ3) is 4.08. The molecule has 0 N–H and O–H groups in total. The van der Waals surface area contributed by atoms with E-state index in [1.807, 2.05) is 23.7 Å². The van der Waals surface area contributed by atoms with Crippen molar-refractivity contribution in [3.63, 3.8) is 0 Å². The third-order valence-electron chi connectivity index (χ3n) is 6.99. The molecule has 3 atom stereocenters. The van der Waals surface area contributed by atoms with Gasteiger partial charge in [-0.1, -0.05) is 12.1 Å². The molecule has 1 aromatic carbocycles. The highest BCUT2D eigenvalue weighted by molar-refractivity contribution is 5.85. The van der Waals surface area contributed by atoms with Gasteiger partial charge in [0.05, 0.1) is 12.8 Å². The predicted octanol–water partition coefficient (Wildman–Crippen LogP) is 3.39. The predicted molar refractivity (Wildman–Crippen MR) is 120 cm³/mol. The van der Waals surface area contributed by atoms with Crippen LogP contribution in [0.5, 0.6) is 5.75 Å². The molecule has 164 valence electrons. The lowest BCUT2D eigenvalue weighted by molar-refractivity contribution is -0.130. The van der Waals surface area contributed by atoms with Crippen molar-refractivity contribution in [2.75, 3.05) is 33.8 Å². The highest BCUT2D eigenvalue weighted by Gasteiger charge is 2.47. The van der Waals surface area contributed by atoms with Crippen LogP contribution in [0, 0.1) is 32.6 Å². The summed E-state index contributed by atoms with van der Waals surface area (Å²) in [6, 6.07) is 8.76. The molecule has 4 rings (SSSR count). The van der Waals surface area contributed by atoms with E-state index in [1.54, 1.807) is 7.11 Å². The number of benzene rings is 1. The minimum atomic E-state index is 0. The first kappa shape index (κ1) is 22.6. The van der Waals surface area contributed by atoms with E-state index in [-0.39, 0.29) is 18.3 Å². The Morgan fingerprint density at radius 3 is 2.43 bits per heavy atom. The molecular weight excluding hydrogens is 400 g/mol. The van der Waals surface area contributed by atoms with Crippen LogP contribution in [0.3, 0.4) is 0 Å². The number of ether oxygens (including phenoxy) is 1. The van der Waals surface area contributed by atoms with E-state index in [0.717, 1.165) is 36.8 Å². The van der Waals surface area contributed by atoms with E-state index in [0.29, 0.717) is 30.8 Å². The van der Waals surface area contributed by atoms with Crippen LogP contribution in [-0.4, -0.2) is 59.3 Å². The average Bonchev–Trinajstić information content (AvgIpc) is 3.33. The molecule has 2 aromatic rings. The Hall–Kier alpha value is -2.05. The van der Waals surface area contributed by atoms with Crippen molar-refractivity contribution < 1.29 is 9.53 Å². The van der Waals surface area contributed by atoms with Gasteiger partial charge in [0.25, 0.3) is 0 Å². The van der Waals surface area contributed by atoms with Gasteiger partial charge >= 0.3 is 0 Å². The molecule has 2 saturated heterocycles. The second-order valence-corrected chi connectivity index (χ2v) is 8.65. The molecule has 7 heteroatoms. The molecule has 2 aliphatic heterocycles. The highest BCUT2D eigenvalue weighted by atomic mass is 35.5. The lowest BCUT2D eigenvalue weighted by Crippen LogP contribution is -2.34. The molecule has 2 aliphatic rings. The molecule has 0 bridgehead atoms. The summed E-state index contributed by atoms with van der Waals surface area (Å²) >= 11 is 0. The molecule has 0 saturated carbocycles. The highest BCUT2D eigenvalue weighted by Crippen LogP contribution is 2.44. The van der Waals surface area contributed by atoms with Gasteiger partial charge in [0, 0.05) is 50.3 Å². The summed E-state index contributed by atoms with van der Waals surface area (Å²) in [6.45, 7) is 9.62. The number of rotatable bonds is 5. The van der Waals surface area contributed by atoms with Gasteiger partial charge in [-0.2, -0.15) is 5.10 Å². The Kier molecular flexibility index (Phi) is 6.78. The van der Waals surface area contributed by atoms with Crippen LogP contribution in [0.25, 0.3) is 0 Å². The topological polar surface area (TPSA) is 50.6 Å². The maximum Gasteiger partial charge on any atom is 0.224 e. The van der Waals surface area contributed by atoms with E-state index in [1.165, 1.54) is 11.1 Å². The Balaban J connectivity index is 0.00000256. The van der Waals surface area contributed by atoms with Gasteiger partial charge < -0.3 is 9.64 Å². The molecule has 0 unspecified atom stereocenters. The first-order valence-electron chi connectivity index (χ1n) is 10.5. The molecule has 0 radical (unpaired) electrons. The van der Waals surface area contributed by atoms with Gasteiger partial charge in [0.1, 0.15) is 5.75 Å². The lowest BCUT2D eigenvalue weighted by Gasteiger charge is -2.27. The van der Waals surface area contributed by atoms with Crippen molar-refractivity contribution in [3.05, 3.63) is 46.8 Å². The largest absolute Gasteiger partial charge is 0.497 e. The van der Waals surface area contributed by atoms with Crippen LogP contribution in [0.2, 0.25) is 0 Å². The van der Waals surface area contributed by atoms with Crippen molar-refractivity contribution in [1.82, 2.24) is 19.6 Å². The van der Waals surface area contributed by atoms with Gasteiger partial charge in [0.15, 0.2) is 0 Å². The van der Waals surface area contributed by atoms with E-state index in [9.17, 15) is 4.79 Å². The number of amides is 1. The van der Waals surface area contributed by atoms with Crippen molar-refractivity contribution in [1.29, 1.82) is 0 Å². The maximum atomic E-state index is 12.9. The second kappa shape index (κ2) is 8.98. The number of hydrogen-bond acceptors (Lipinski definition) is 4. The molecule has 1 amide bonds. The van der Waals surface area contributed by atoms with Crippen LogP contribution in [0.4, 0.5) is 0 Å². The van der Waals surface area contributed by atoms with E-state index in [2.05, 4.69) is 47.9 Å². The summed E-state index contributed by atoms with van der Waals surface area (Å²) in [4.78, 5) is 17.4. The number of aryl methyl sites for hydroxylation is 2. The minimum absolute atomic E-state index is 0. The van der Waals surface area contributed by atoms with Crippen LogP contribution in [0.1, 0.15) is 35.0 Å². The lowest BCUT2D eigenvalue weighted by atomic mass is 9.89. The Labute approximate surface area is 185 Å². The van der Waals surface area contributed by atoms with Gasteiger partial charge in [-0.05, 0) is 57.0 Å². The number of aromatic nitrogens is 2. The zero-order chi connectivity index (χ0) is 20.7. The SMILES string of the molecule is COc1ccc([C@H]2[C@@H]3CN(C(=O)CCn4nc(C)c(C)c4C)C[C@@H]3CN2C)cc1.Cl. The summed E-state index contributed by atoms with van der Waals surface area (Å²) in [7, 11) is 3.89. The third-order valence-corrected chi connectivity index (χ3v) is 6.99. The summed E-state index contributed by atoms with van der Waals surface area (Å²) in [6.07, 6.45) is 0.518. The number of halogens is 1. The van der Waals surface area contributed by atoms with Crippen LogP contribution in [0.15, 0.2) is 24.3 Å². The number of carbonyl (C=O) groups excluding carboxylic acids is 1. The van der Waals surface area contributed by atoms with E-state index < -0.39 is 0 Å². The van der Waals surface area contributed by atoms with E-state index >= 15 is 0 Å². The molecule has 2 fully saturated rings. The standard InChI is InChI=1S/C23H32N4O2.ClH/c1-15-16(2)24-27(17(15)3)11-10-22(28)26-13-19-12-25(4)23(21(19)14-26)18-6-8-20(29-5)9-7-18;/h6-9,19,21,23H,10-14H2,1-5H3;1H/t19-,21+,23-;/m0./s1. The van der Waals surface area contributed by atoms with Gasteiger partial charge in [-0.25, -0.2) is 0 Å². The molecule has 3 heterocycles. The van der Waals surface area contributed by atoms with Gasteiger partial charge in [0.2, 0.25) is 5.91 Å².